The fourth-order valence-corrected chi connectivity index (χ4v) is 4.43. The van der Waals surface area contributed by atoms with E-state index >= 15 is 0 Å². The predicted octanol–water partition coefficient (Wildman–Crippen LogP) is 5.80. The van der Waals surface area contributed by atoms with Crippen LogP contribution in [0.1, 0.15) is 62.5 Å². The highest BCUT2D eigenvalue weighted by atomic mass is 16.7. The number of ether oxygens (including phenoxy) is 4. The van der Waals surface area contributed by atoms with Crippen LogP contribution in [-0.4, -0.2) is 32.2 Å². The van der Waals surface area contributed by atoms with Crippen LogP contribution >= 0.6 is 0 Å². The van der Waals surface area contributed by atoms with Crippen molar-refractivity contribution in [3.05, 3.63) is 71.8 Å². The first-order chi connectivity index (χ1) is 14.9. The summed E-state index contributed by atoms with van der Waals surface area (Å²) in [7, 11) is 0. The summed E-state index contributed by atoms with van der Waals surface area (Å²) in [5.41, 5.74) is 2.13. The molecular weight excluding hydrogens is 376 g/mol. The molecule has 2 aliphatic heterocycles. The number of unbranched alkanes of at least 4 members (excludes halogenated alkanes) is 5. The zero-order valence-corrected chi connectivity index (χ0v) is 17.8. The lowest BCUT2D eigenvalue weighted by Crippen LogP contribution is -2.29. The topological polar surface area (TPSA) is 36.9 Å². The monoisotopic (exact) mass is 410 g/mol. The first kappa shape index (κ1) is 21.5. The lowest BCUT2D eigenvalue weighted by Gasteiger charge is -2.29. The molecule has 2 unspecified atom stereocenters. The zero-order chi connectivity index (χ0) is 20.5. The highest BCUT2D eigenvalue weighted by Crippen LogP contribution is 2.41. The molecule has 0 N–H and O–H groups in total. The largest absolute Gasteiger partial charge is 0.353 e. The summed E-state index contributed by atoms with van der Waals surface area (Å²) in [5.74, 6) is -0.779. The van der Waals surface area contributed by atoms with Crippen LogP contribution in [0.3, 0.4) is 0 Å². The standard InChI is InChI=1S/C26H34O4/c1(3-11-17-24-19-27-21-28-24)2-4-12-18-25-20-29-26(30-25,22-13-7-5-8-14-22)23-15-9-6-10-16-23/h5-10,13-16,24-25H,1-4,11-12,17-21H2. The number of hydrogen-bond acceptors (Lipinski definition) is 4. The summed E-state index contributed by atoms with van der Waals surface area (Å²) in [6, 6.07) is 20.6. The Balaban J connectivity index is 1.20. The zero-order valence-electron chi connectivity index (χ0n) is 17.8. The molecular formula is C26H34O4. The van der Waals surface area contributed by atoms with Crippen molar-refractivity contribution in [2.75, 3.05) is 20.0 Å². The highest BCUT2D eigenvalue weighted by molar-refractivity contribution is 5.34. The quantitative estimate of drug-likeness (QED) is 0.439. The molecule has 2 fully saturated rings. The van der Waals surface area contributed by atoms with Crippen LogP contribution in [0.5, 0.6) is 0 Å². The molecule has 30 heavy (non-hydrogen) atoms. The van der Waals surface area contributed by atoms with Gasteiger partial charge in [0.1, 0.15) is 6.79 Å². The van der Waals surface area contributed by atoms with E-state index < -0.39 is 5.79 Å². The summed E-state index contributed by atoms with van der Waals surface area (Å²) in [6.45, 7) is 1.90. The summed E-state index contributed by atoms with van der Waals surface area (Å²) in [6.07, 6.45) is 10.2. The van der Waals surface area contributed by atoms with Gasteiger partial charge in [0.2, 0.25) is 5.79 Å². The van der Waals surface area contributed by atoms with Crippen molar-refractivity contribution >= 4 is 0 Å². The van der Waals surface area contributed by atoms with Crippen LogP contribution in [0.25, 0.3) is 0 Å². The molecule has 2 aliphatic rings. The van der Waals surface area contributed by atoms with Crippen LogP contribution in [0, 0.1) is 0 Å². The van der Waals surface area contributed by atoms with E-state index in [9.17, 15) is 0 Å². The van der Waals surface area contributed by atoms with Crippen molar-refractivity contribution < 1.29 is 18.9 Å². The van der Waals surface area contributed by atoms with E-state index in [4.69, 9.17) is 18.9 Å². The SMILES string of the molecule is c1ccc(C2(c3ccccc3)OCC(CCCCCCCCC3COCO3)O2)cc1. The summed E-state index contributed by atoms with van der Waals surface area (Å²) < 4.78 is 23.6. The minimum atomic E-state index is -0.779. The third-order valence-corrected chi connectivity index (χ3v) is 6.11. The Morgan fingerprint density at radius 3 is 1.80 bits per heavy atom. The molecule has 2 atom stereocenters. The highest BCUT2D eigenvalue weighted by Gasteiger charge is 2.44. The number of rotatable bonds is 11. The second-order valence-corrected chi connectivity index (χ2v) is 8.38. The Kier molecular flexibility index (Phi) is 7.93. The van der Waals surface area contributed by atoms with E-state index in [0.29, 0.717) is 19.5 Å². The van der Waals surface area contributed by atoms with Gasteiger partial charge in [0.25, 0.3) is 0 Å². The molecule has 2 heterocycles. The number of hydrogen-bond donors (Lipinski definition) is 0. The average Bonchev–Trinajstić information content (AvgIpc) is 3.48. The smallest absolute Gasteiger partial charge is 0.222 e. The molecule has 4 nitrogen and oxygen atoms in total. The van der Waals surface area contributed by atoms with Crippen molar-refractivity contribution in [1.82, 2.24) is 0 Å². The first-order valence-electron chi connectivity index (χ1n) is 11.5. The van der Waals surface area contributed by atoms with Crippen molar-refractivity contribution in [1.29, 1.82) is 0 Å². The van der Waals surface area contributed by atoms with Gasteiger partial charge in [-0.1, -0.05) is 99.2 Å². The van der Waals surface area contributed by atoms with Gasteiger partial charge in [-0.3, -0.25) is 0 Å². The van der Waals surface area contributed by atoms with E-state index in [1.165, 1.54) is 38.5 Å². The molecule has 0 bridgehead atoms. The molecule has 0 amide bonds. The van der Waals surface area contributed by atoms with E-state index in [-0.39, 0.29) is 6.10 Å². The Bertz CT molecular complexity index is 688. The Morgan fingerprint density at radius 1 is 0.667 bits per heavy atom. The van der Waals surface area contributed by atoms with Crippen LogP contribution < -0.4 is 0 Å². The van der Waals surface area contributed by atoms with E-state index in [2.05, 4.69) is 24.3 Å². The van der Waals surface area contributed by atoms with Crippen molar-refractivity contribution in [2.45, 2.75) is 69.4 Å². The summed E-state index contributed by atoms with van der Waals surface area (Å²) in [4.78, 5) is 0. The maximum atomic E-state index is 6.58. The van der Waals surface area contributed by atoms with Crippen LogP contribution in [-0.2, 0) is 24.7 Å². The molecule has 162 valence electrons. The van der Waals surface area contributed by atoms with E-state index in [0.717, 1.165) is 30.6 Å². The minimum Gasteiger partial charge on any atom is -0.353 e. The van der Waals surface area contributed by atoms with Gasteiger partial charge < -0.3 is 18.9 Å². The molecule has 0 saturated carbocycles. The first-order valence-corrected chi connectivity index (χ1v) is 11.5. The third kappa shape index (κ3) is 5.50. The molecule has 2 aromatic carbocycles. The van der Waals surface area contributed by atoms with Crippen molar-refractivity contribution in [3.8, 4) is 0 Å². The van der Waals surface area contributed by atoms with Gasteiger partial charge in [-0.2, -0.15) is 0 Å². The van der Waals surface area contributed by atoms with Crippen LogP contribution in [0.4, 0.5) is 0 Å². The normalized spacial score (nSPS) is 23.1. The lowest BCUT2D eigenvalue weighted by molar-refractivity contribution is -0.143. The van der Waals surface area contributed by atoms with E-state index in [1.807, 2.05) is 36.4 Å². The molecule has 4 heteroatoms. The maximum Gasteiger partial charge on any atom is 0.222 e. The predicted molar refractivity (Wildman–Crippen MR) is 117 cm³/mol. The fraction of sp³-hybridized carbons (Fsp3) is 0.538. The fourth-order valence-electron chi connectivity index (χ4n) is 4.43. The Labute approximate surface area is 180 Å². The average molecular weight is 411 g/mol. The van der Waals surface area contributed by atoms with Crippen molar-refractivity contribution in [2.24, 2.45) is 0 Å². The lowest BCUT2D eigenvalue weighted by atomic mass is 9.97. The maximum absolute atomic E-state index is 6.58. The van der Waals surface area contributed by atoms with Gasteiger partial charge >= 0.3 is 0 Å². The molecule has 0 aliphatic carbocycles. The van der Waals surface area contributed by atoms with E-state index in [1.54, 1.807) is 0 Å². The van der Waals surface area contributed by atoms with Gasteiger partial charge in [-0.05, 0) is 12.8 Å². The minimum absolute atomic E-state index is 0.143. The summed E-state index contributed by atoms with van der Waals surface area (Å²) >= 11 is 0. The Morgan fingerprint density at radius 2 is 1.23 bits per heavy atom. The number of benzene rings is 2. The van der Waals surface area contributed by atoms with Crippen molar-refractivity contribution in [3.63, 3.8) is 0 Å². The van der Waals surface area contributed by atoms with Crippen LogP contribution in [0.15, 0.2) is 60.7 Å². The molecule has 0 aromatic heterocycles. The van der Waals surface area contributed by atoms with Gasteiger partial charge in [-0.15, -0.1) is 0 Å². The second-order valence-electron chi connectivity index (χ2n) is 8.38. The molecule has 2 saturated heterocycles. The molecule has 0 radical (unpaired) electrons. The molecule has 2 aromatic rings. The van der Waals surface area contributed by atoms with Gasteiger partial charge in [0.15, 0.2) is 0 Å². The van der Waals surface area contributed by atoms with Crippen LogP contribution in [0.2, 0.25) is 0 Å². The summed E-state index contributed by atoms with van der Waals surface area (Å²) in [5, 5.41) is 0. The third-order valence-electron chi connectivity index (χ3n) is 6.11. The second kappa shape index (κ2) is 11.1. The molecule has 4 rings (SSSR count). The molecule has 0 spiro atoms. The van der Waals surface area contributed by atoms with Gasteiger partial charge in [-0.25, -0.2) is 0 Å². The van der Waals surface area contributed by atoms with Gasteiger partial charge in [0.05, 0.1) is 25.4 Å². The van der Waals surface area contributed by atoms with Gasteiger partial charge in [0, 0.05) is 11.1 Å². The Hall–Kier alpha value is -1.72.